The Hall–Kier alpha value is -2.10. The fraction of sp³-hybridized carbons (Fsp3) is 0.375. The summed E-state index contributed by atoms with van der Waals surface area (Å²) >= 11 is 0. The third-order valence-electron chi connectivity index (χ3n) is 3.82. The summed E-state index contributed by atoms with van der Waals surface area (Å²) in [7, 11) is 0. The number of benzene rings is 1. The zero-order chi connectivity index (χ0) is 17.1. The lowest BCUT2D eigenvalue weighted by Crippen LogP contribution is -2.58. The zero-order valence-corrected chi connectivity index (χ0v) is 12.6. The second kappa shape index (κ2) is 7.20. The monoisotopic (exact) mass is 334 g/mol. The second-order valence-corrected chi connectivity index (χ2v) is 5.47. The number of nitrogens with zero attached hydrogens (tertiary/aromatic N) is 2. The van der Waals surface area contributed by atoms with E-state index in [2.05, 4.69) is 10.1 Å². The van der Waals surface area contributed by atoms with Crippen molar-refractivity contribution < 1.29 is 30.0 Å². The van der Waals surface area contributed by atoms with Gasteiger partial charge in [0.2, 0.25) is 0 Å². The molecule has 0 radical (unpaired) electrons. The van der Waals surface area contributed by atoms with Crippen LogP contribution in [0.3, 0.4) is 0 Å². The van der Waals surface area contributed by atoms with E-state index in [0.717, 1.165) is 10.9 Å². The van der Waals surface area contributed by atoms with E-state index in [4.69, 9.17) is 14.7 Å². The number of aliphatic hydroxyl groups is 4. The Kier molecular flexibility index (Phi) is 5.03. The highest BCUT2D eigenvalue weighted by Gasteiger charge is 2.44. The minimum atomic E-state index is -1.50. The summed E-state index contributed by atoms with van der Waals surface area (Å²) in [5.41, 5.74) is 1.34. The largest absolute Gasteiger partial charge is 0.394 e. The highest BCUT2D eigenvalue weighted by molar-refractivity contribution is 5.84. The molecule has 1 saturated heterocycles. The van der Waals surface area contributed by atoms with Crippen LogP contribution in [0.15, 0.2) is 41.6 Å². The summed E-state index contributed by atoms with van der Waals surface area (Å²) in [4.78, 5) is 9.41. The molecule has 3 unspecified atom stereocenters. The van der Waals surface area contributed by atoms with Gasteiger partial charge in [-0.05, 0) is 12.1 Å². The molecule has 2 heterocycles. The van der Waals surface area contributed by atoms with Crippen LogP contribution in [0.2, 0.25) is 0 Å². The van der Waals surface area contributed by atoms with Gasteiger partial charge < -0.3 is 30.0 Å². The van der Waals surface area contributed by atoms with Crippen molar-refractivity contribution in [2.24, 2.45) is 5.16 Å². The first-order valence-corrected chi connectivity index (χ1v) is 7.45. The lowest BCUT2D eigenvalue weighted by molar-refractivity contribution is -0.301. The van der Waals surface area contributed by atoms with Crippen molar-refractivity contribution in [3.63, 3.8) is 0 Å². The lowest BCUT2D eigenvalue weighted by atomic mass is 9.99. The average Bonchev–Trinajstić information content (AvgIpc) is 2.61. The molecule has 5 atom stereocenters. The van der Waals surface area contributed by atoms with Crippen LogP contribution >= 0.6 is 0 Å². The third kappa shape index (κ3) is 3.37. The van der Waals surface area contributed by atoms with Gasteiger partial charge in [-0.1, -0.05) is 29.4 Å². The molecular weight excluding hydrogens is 316 g/mol. The van der Waals surface area contributed by atoms with E-state index in [0.29, 0.717) is 5.69 Å². The Bertz CT molecular complexity index is 723. The zero-order valence-electron chi connectivity index (χ0n) is 12.6. The number of hydrogen-bond donors (Lipinski definition) is 4. The predicted molar refractivity (Wildman–Crippen MR) is 84.2 cm³/mol. The van der Waals surface area contributed by atoms with E-state index in [1.807, 2.05) is 30.3 Å². The Morgan fingerprint density at radius 1 is 1.08 bits per heavy atom. The van der Waals surface area contributed by atoms with Gasteiger partial charge in [-0.25, -0.2) is 4.98 Å². The van der Waals surface area contributed by atoms with Crippen LogP contribution in [0.4, 0.5) is 0 Å². The van der Waals surface area contributed by atoms with E-state index in [9.17, 15) is 15.3 Å². The number of hydrogen-bond acceptors (Lipinski definition) is 8. The first-order chi connectivity index (χ1) is 11.6. The number of ether oxygens (including phenoxy) is 1. The van der Waals surface area contributed by atoms with Crippen molar-refractivity contribution in [1.29, 1.82) is 0 Å². The number of aromatic nitrogens is 1. The van der Waals surface area contributed by atoms with Crippen LogP contribution in [-0.2, 0) is 9.57 Å². The van der Waals surface area contributed by atoms with Crippen LogP contribution in [0.5, 0.6) is 0 Å². The van der Waals surface area contributed by atoms with Gasteiger partial charge >= 0.3 is 0 Å². The molecule has 0 saturated carbocycles. The van der Waals surface area contributed by atoms with Gasteiger partial charge in [-0.2, -0.15) is 0 Å². The Labute approximate surface area is 137 Å². The molecule has 1 aliphatic heterocycles. The quantitative estimate of drug-likeness (QED) is 0.434. The van der Waals surface area contributed by atoms with Gasteiger partial charge in [0.05, 0.1) is 24.0 Å². The molecule has 0 amide bonds. The molecule has 0 spiro atoms. The summed E-state index contributed by atoms with van der Waals surface area (Å²) < 4.78 is 5.17. The van der Waals surface area contributed by atoms with E-state index in [1.165, 1.54) is 6.21 Å². The maximum Gasteiger partial charge on any atom is 0.256 e. The minimum absolute atomic E-state index is 0.527. The van der Waals surface area contributed by atoms with Crippen LogP contribution in [0.1, 0.15) is 5.69 Å². The first kappa shape index (κ1) is 16.7. The summed E-state index contributed by atoms with van der Waals surface area (Å²) in [6.45, 7) is -0.527. The number of fused-ring (bicyclic) bond motifs is 1. The highest BCUT2D eigenvalue weighted by atomic mass is 16.8. The number of oxime groups is 1. The van der Waals surface area contributed by atoms with E-state index < -0.39 is 37.3 Å². The van der Waals surface area contributed by atoms with Gasteiger partial charge in [0, 0.05) is 5.39 Å². The number of para-hydroxylation sites is 1. The Balaban J connectivity index is 1.68. The fourth-order valence-corrected chi connectivity index (χ4v) is 2.45. The maximum atomic E-state index is 9.83. The molecule has 1 aliphatic rings. The van der Waals surface area contributed by atoms with Crippen LogP contribution < -0.4 is 0 Å². The minimum Gasteiger partial charge on any atom is -0.394 e. The van der Waals surface area contributed by atoms with Crippen molar-refractivity contribution in [3.05, 3.63) is 42.1 Å². The predicted octanol–water partition coefficient (Wildman–Crippen LogP) is -0.615. The Morgan fingerprint density at radius 2 is 1.88 bits per heavy atom. The molecule has 8 heteroatoms. The maximum absolute atomic E-state index is 9.83. The number of rotatable bonds is 4. The molecule has 0 bridgehead atoms. The average molecular weight is 334 g/mol. The van der Waals surface area contributed by atoms with E-state index >= 15 is 0 Å². The van der Waals surface area contributed by atoms with Crippen molar-refractivity contribution in [2.75, 3.05) is 6.61 Å². The smallest absolute Gasteiger partial charge is 0.256 e. The normalized spacial score (nSPS) is 30.8. The van der Waals surface area contributed by atoms with Crippen molar-refractivity contribution >= 4 is 17.1 Å². The molecule has 8 nitrogen and oxygen atoms in total. The van der Waals surface area contributed by atoms with Gasteiger partial charge in [0.15, 0.2) is 0 Å². The SMILES string of the molecule is OCC1O[C@@H](O/N=C/c2ccc3ccccc3n2)C(O)[C@@H](O)C1O. The molecule has 24 heavy (non-hydrogen) atoms. The summed E-state index contributed by atoms with van der Waals surface area (Å²) in [6, 6.07) is 11.2. The number of pyridine rings is 1. The van der Waals surface area contributed by atoms with Gasteiger partial charge in [-0.3, -0.25) is 0 Å². The van der Waals surface area contributed by atoms with Crippen LogP contribution in [-0.4, -0.2) is 68.9 Å². The standard InChI is InChI=1S/C16H18N2O6/c19-8-12-13(20)14(21)15(22)16(23-12)24-17-7-10-6-5-9-3-1-2-4-11(9)18-10/h1-7,12-16,19-22H,8H2/b17-7+/t12?,13?,14-,15?,16-/m0/s1. The highest BCUT2D eigenvalue weighted by Crippen LogP contribution is 2.22. The molecule has 1 aromatic carbocycles. The van der Waals surface area contributed by atoms with E-state index in [-0.39, 0.29) is 0 Å². The summed E-state index contributed by atoms with van der Waals surface area (Å²) in [5, 5.41) is 43.0. The fourth-order valence-electron chi connectivity index (χ4n) is 2.45. The van der Waals surface area contributed by atoms with Crippen LogP contribution in [0, 0.1) is 0 Å². The Morgan fingerprint density at radius 3 is 2.67 bits per heavy atom. The third-order valence-corrected chi connectivity index (χ3v) is 3.82. The lowest BCUT2D eigenvalue weighted by Gasteiger charge is -2.38. The molecule has 1 fully saturated rings. The number of aliphatic hydroxyl groups excluding tert-OH is 4. The van der Waals surface area contributed by atoms with Crippen molar-refractivity contribution in [1.82, 2.24) is 4.98 Å². The molecular formula is C16H18N2O6. The summed E-state index contributed by atoms with van der Waals surface area (Å²) in [6.07, 6.45) is -5.44. The van der Waals surface area contributed by atoms with E-state index in [1.54, 1.807) is 6.07 Å². The van der Waals surface area contributed by atoms with Crippen molar-refractivity contribution in [3.8, 4) is 0 Å². The molecule has 0 aliphatic carbocycles. The first-order valence-electron chi connectivity index (χ1n) is 7.45. The van der Waals surface area contributed by atoms with Crippen molar-refractivity contribution in [2.45, 2.75) is 30.7 Å². The molecule has 3 rings (SSSR count). The van der Waals surface area contributed by atoms with Gasteiger partial charge in [0.1, 0.15) is 24.4 Å². The van der Waals surface area contributed by atoms with Gasteiger partial charge in [0.25, 0.3) is 6.29 Å². The van der Waals surface area contributed by atoms with Crippen LogP contribution in [0.25, 0.3) is 10.9 Å². The summed E-state index contributed by atoms with van der Waals surface area (Å²) in [5.74, 6) is 0. The van der Waals surface area contributed by atoms with Gasteiger partial charge in [-0.15, -0.1) is 0 Å². The molecule has 4 N–H and O–H groups in total. The molecule has 128 valence electrons. The second-order valence-electron chi connectivity index (χ2n) is 5.47. The molecule has 1 aromatic heterocycles. The topological polar surface area (TPSA) is 125 Å². The molecule has 2 aromatic rings.